The topological polar surface area (TPSA) is 68.3 Å². The highest BCUT2D eigenvalue weighted by Crippen LogP contribution is 2.18. The molecule has 5 nitrogen and oxygen atoms in total. The standard InChI is InChI=1S/C12H10BrFN2O3/c13-11-3-1-9(14)5-8(11)6-15-7-10-2-4-12(19-10)16(17)18/h1-5,15H,6-7H2. The molecule has 19 heavy (non-hydrogen) atoms. The van der Waals surface area contributed by atoms with Gasteiger partial charge in [-0.15, -0.1) is 0 Å². The van der Waals surface area contributed by atoms with Crippen LogP contribution in [-0.4, -0.2) is 4.92 Å². The van der Waals surface area contributed by atoms with Gasteiger partial charge in [-0.1, -0.05) is 15.9 Å². The molecule has 0 saturated heterocycles. The highest BCUT2D eigenvalue weighted by molar-refractivity contribution is 9.10. The van der Waals surface area contributed by atoms with Gasteiger partial charge in [0.05, 0.1) is 12.6 Å². The first-order valence-electron chi connectivity index (χ1n) is 5.44. The minimum absolute atomic E-state index is 0.288. The molecule has 0 atom stereocenters. The molecule has 2 aromatic rings. The number of furan rings is 1. The average molecular weight is 329 g/mol. The summed E-state index contributed by atoms with van der Waals surface area (Å²) in [5.41, 5.74) is 0.765. The van der Waals surface area contributed by atoms with Crippen molar-refractivity contribution in [2.75, 3.05) is 0 Å². The molecule has 0 aliphatic rings. The highest BCUT2D eigenvalue weighted by atomic mass is 79.9. The van der Waals surface area contributed by atoms with E-state index in [1.807, 2.05) is 0 Å². The van der Waals surface area contributed by atoms with Gasteiger partial charge in [-0.05, 0) is 29.8 Å². The van der Waals surface area contributed by atoms with Crippen LogP contribution >= 0.6 is 15.9 Å². The number of hydrogen-bond acceptors (Lipinski definition) is 4. The Balaban J connectivity index is 1.92. The fourth-order valence-corrected chi connectivity index (χ4v) is 1.95. The average Bonchev–Trinajstić information content (AvgIpc) is 2.82. The third-order valence-electron chi connectivity index (χ3n) is 2.45. The van der Waals surface area contributed by atoms with Gasteiger partial charge in [-0.2, -0.15) is 0 Å². The molecule has 0 saturated carbocycles. The van der Waals surface area contributed by atoms with Gasteiger partial charge in [0.2, 0.25) is 0 Å². The lowest BCUT2D eigenvalue weighted by atomic mass is 10.2. The van der Waals surface area contributed by atoms with Crippen LogP contribution in [0, 0.1) is 15.9 Å². The van der Waals surface area contributed by atoms with E-state index in [0.29, 0.717) is 18.8 Å². The fourth-order valence-electron chi connectivity index (χ4n) is 1.56. The van der Waals surface area contributed by atoms with E-state index in [1.54, 1.807) is 6.07 Å². The van der Waals surface area contributed by atoms with Gasteiger partial charge in [0.15, 0.2) is 0 Å². The van der Waals surface area contributed by atoms with Crippen LogP contribution in [0.3, 0.4) is 0 Å². The van der Waals surface area contributed by atoms with Gasteiger partial charge in [0.25, 0.3) is 0 Å². The summed E-state index contributed by atoms with van der Waals surface area (Å²) in [6.45, 7) is 0.754. The van der Waals surface area contributed by atoms with Crippen molar-refractivity contribution >= 4 is 21.8 Å². The molecule has 1 aromatic heterocycles. The molecule has 100 valence electrons. The maximum atomic E-state index is 13.0. The number of hydrogen-bond donors (Lipinski definition) is 1. The van der Waals surface area contributed by atoms with E-state index in [1.165, 1.54) is 24.3 Å². The van der Waals surface area contributed by atoms with Gasteiger partial charge >= 0.3 is 5.88 Å². The van der Waals surface area contributed by atoms with E-state index in [-0.39, 0.29) is 11.7 Å². The number of nitrogens with zero attached hydrogens (tertiary/aromatic N) is 1. The van der Waals surface area contributed by atoms with Crippen molar-refractivity contribution in [2.24, 2.45) is 0 Å². The second kappa shape index (κ2) is 5.94. The van der Waals surface area contributed by atoms with Gasteiger partial charge in [-0.3, -0.25) is 10.1 Å². The first kappa shape index (κ1) is 13.7. The smallest absolute Gasteiger partial charge is 0.404 e. The quantitative estimate of drug-likeness (QED) is 0.674. The Bertz CT molecular complexity index is 600. The molecule has 0 bridgehead atoms. The van der Waals surface area contributed by atoms with Crippen molar-refractivity contribution in [1.82, 2.24) is 5.32 Å². The molecule has 0 aliphatic carbocycles. The fraction of sp³-hybridized carbons (Fsp3) is 0.167. The van der Waals surface area contributed by atoms with Crippen molar-refractivity contribution in [3.63, 3.8) is 0 Å². The Morgan fingerprint density at radius 1 is 1.32 bits per heavy atom. The molecule has 2 rings (SSSR count). The van der Waals surface area contributed by atoms with Crippen molar-refractivity contribution in [3.05, 3.63) is 62.1 Å². The second-order valence-corrected chi connectivity index (χ2v) is 4.69. The number of nitrogens with one attached hydrogen (secondary N) is 1. The van der Waals surface area contributed by atoms with E-state index < -0.39 is 4.92 Å². The molecule has 0 fully saturated rings. The first-order chi connectivity index (χ1) is 9.06. The van der Waals surface area contributed by atoms with E-state index >= 15 is 0 Å². The summed E-state index contributed by atoms with van der Waals surface area (Å²) in [6.07, 6.45) is 0. The highest BCUT2D eigenvalue weighted by Gasteiger charge is 2.11. The van der Waals surface area contributed by atoms with Crippen LogP contribution in [-0.2, 0) is 13.1 Å². The maximum Gasteiger partial charge on any atom is 0.433 e. The first-order valence-corrected chi connectivity index (χ1v) is 6.23. The number of benzene rings is 1. The van der Waals surface area contributed by atoms with Gasteiger partial charge in [0, 0.05) is 11.0 Å². The van der Waals surface area contributed by atoms with E-state index in [0.717, 1.165) is 10.0 Å². The van der Waals surface area contributed by atoms with Gasteiger partial charge in [-0.25, -0.2) is 4.39 Å². The Morgan fingerprint density at radius 3 is 2.79 bits per heavy atom. The summed E-state index contributed by atoms with van der Waals surface area (Å²) < 4.78 is 18.8. The van der Waals surface area contributed by atoms with Crippen LogP contribution in [0.1, 0.15) is 11.3 Å². The predicted octanol–water partition coefficient (Wildman–Crippen LogP) is 3.38. The summed E-state index contributed by atoms with van der Waals surface area (Å²) in [5, 5.41) is 13.5. The van der Waals surface area contributed by atoms with Gasteiger partial charge in [0.1, 0.15) is 16.5 Å². The molecular formula is C12H10BrFN2O3. The molecule has 1 aromatic carbocycles. The Kier molecular flexibility index (Phi) is 4.28. The Labute approximate surface area is 116 Å². The zero-order chi connectivity index (χ0) is 13.8. The summed E-state index contributed by atoms with van der Waals surface area (Å²) in [5.74, 6) is -0.142. The normalized spacial score (nSPS) is 10.6. The third-order valence-corrected chi connectivity index (χ3v) is 3.22. The van der Waals surface area contributed by atoms with Crippen LogP contribution in [0.15, 0.2) is 39.2 Å². The van der Waals surface area contributed by atoms with E-state index in [2.05, 4.69) is 21.2 Å². The Morgan fingerprint density at radius 2 is 2.11 bits per heavy atom. The summed E-state index contributed by atoms with van der Waals surface area (Å²) >= 11 is 3.32. The molecule has 0 amide bonds. The molecule has 0 aliphatic heterocycles. The lowest BCUT2D eigenvalue weighted by molar-refractivity contribution is -0.402. The second-order valence-electron chi connectivity index (χ2n) is 3.84. The zero-order valence-electron chi connectivity index (χ0n) is 9.73. The monoisotopic (exact) mass is 328 g/mol. The molecule has 1 N–H and O–H groups in total. The SMILES string of the molecule is O=[N+]([O-])c1ccc(CNCc2cc(F)ccc2Br)o1. The summed E-state index contributed by atoms with van der Waals surface area (Å²) in [6, 6.07) is 7.25. The van der Waals surface area contributed by atoms with E-state index in [9.17, 15) is 14.5 Å². The van der Waals surface area contributed by atoms with Crippen LogP contribution in [0.25, 0.3) is 0 Å². The Hall–Kier alpha value is -1.73. The minimum atomic E-state index is -0.591. The molecule has 0 unspecified atom stereocenters. The molecule has 1 heterocycles. The summed E-state index contributed by atoms with van der Waals surface area (Å²) in [4.78, 5) is 9.84. The largest absolute Gasteiger partial charge is 0.433 e. The van der Waals surface area contributed by atoms with Crippen molar-refractivity contribution in [1.29, 1.82) is 0 Å². The molecule has 0 spiro atoms. The lowest BCUT2D eigenvalue weighted by Crippen LogP contribution is -2.12. The number of nitro groups is 1. The number of halogens is 2. The third kappa shape index (κ3) is 3.62. The van der Waals surface area contributed by atoms with Crippen LogP contribution in [0.4, 0.5) is 10.3 Å². The minimum Gasteiger partial charge on any atom is -0.404 e. The van der Waals surface area contributed by atoms with Crippen LogP contribution in [0.2, 0.25) is 0 Å². The van der Waals surface area contributed by atoms with E-state index in [4.69, 9.17) is 4.42 Å². The van der Waals surface area contributed by atoms with Crippen LogP contribution < -0.4 is 5.32 Å². The lowest BCUT2D eigenvalue weighted by Gasteiger charge is -2.05. The zero-order valence-corrected chi connectivity index (χ0v) is 11.3. The van der Waals surface area contributed by atoms with Crippen LogP contribution in [0.5, 0.6) is 0 Å². The number of rotatable bonds is 5. The maximum absolute atomic E-state index is 13.0. The van der Waals surface area contributed by atoms with Crippen molar-refractivity contribution < 1.29 is 13.7 Å². The van der Waals surface area contributed by atoms with Gasteiger partial charge < -0.3 is 9.73 Å². The van der Waals surface area contributed by atoms with Crippen molar-refractivity contribution in [3.8, 4) is 0 Å². The predicted molar refractivity (Wildman–Crippen MR) is 70.0 cm³/mol. The summed E-state index contributed by atoms with van der Waals surface area (Å²) in [7, 11) is 0. The molecule has 0 radical (unpaired) electrons. The van der Waals surface area contributed by atoms with Crippen molar-refractivity contribution in [2.45, 2.75) is 13.1 Å². The molecular weight excluding hydrogens is 319 g/mol. The molecule has 7 heteroatoms.